The monoisotopic (exact) mass is 335 g/mol. The first-order valence-corrected chi connectivity index (χ1v) is 9.08. The van der Waals surface area contributed by atoms with Crippen molar-refractivity contribution >= 4 is 5.96 Å². The summed E-state index contributed by atoms with van der Waals surface area (Å²) >= 11 is 0. The van der Waals surface area contributed by atoms with Gasteiger partial charge in [-0.25, -0.2) is 4.39 Å². The van der Waals surface area contributed by atoms with E-state index in [0.717, 1.165) is 70.2 Å². The molecular weight excluding hydrogens is 305 g/mol. The molecule has 5 heteroatoms. The third-order valence-corrected chi connectivity index (χ3v) is 4.25. The maximum Gasteiger partial charge on any atom is 0.193 e. The minimum absolute atomic E-state index is 0.165. The molecule has 0 saturated carbocycles. The molecule has 0 aliphatic carbocycles. The van der Waals surface area contributed by atoms with Crippen LogP contribution in [0.2, 0.25) is 0 Å². The summed E-state index contributed by atoms with van der Waals surface area (Å²) in [4.78, 5) is 7.07. The van der Waals surface area contributed by atoms with E-state index in [1.54, 1.807) is 12.1 Å². The van der Waals surface area contributed by atoms with Gasteiger partial charge in [0.15, 0.2) is 5.96 Å². The van der Waals surface area contributed by atoms with Crippen LogP contribution in [0.1, 0.15) is 32.3 Å². The van der Waals surface area contributed by atoms with Gasteiger partial charge >= 0.3 is 0 Å². The largest absolute Gasteiger partial charge is 0.381 e. The fraction of sp³-hybridized carbons (Fsp3) is 0.632. The normalized spacial score (nSPS) is 18.2. The molecule has 2 rings (SSSR count). The average Bonchev–Trinajstić information content (AvgIpc) is 3.04. The third kappa shape index (κ3) is 6.11. The third-order valence-electron chi connectivity index (χ3n) is 4.25. The molecule has 24 heavy (non-hydrogen) atoms. The Balaban J connectivity index is 1.80. The van der Waals surface area contributed by atoms with Crippen LogP contribution in [-0.4, -0.2) is 50.3 Å². The Morgan fingerprint density at radius 2 is 2.29 bits per heavy atom. The van der Waals surface area contributed by atoms with Gasteiger partial charge in [-0.2, -0.15) is 0 Å². The van der Waals surface area contributed by atoms with Gasteiger partial charge in [0.05, 0.1) is 6.61 Å². The molecule has 1 unspecified atom stereocenters. The van der Waals surface area contributed by atoms with Crippen LogP contribution < -0.4 is 5.32 Å². The number of ether oxygens (including phenoxy) is 1. The Hall–Kier alpha value is -1.62. The second kappa shape index (κ2) is 10.3. The summed E-state index contributed by atoms with van der Waals surface area (Å²) in [5.41, 5.74) is 1.04. The maximum absolute atomic E-state index is 13.2. The van der Waals surface area contributed by atoms with Crippen LogP contribution in [0, 0.1) is 11.7 Å². The van der Waals surface area contributed by atoms with Gasteiger partial charge in [-0.15, -0.1) is 0 Å². The van der Waals surface area contributed by atoms with E-state index >= 15 is 0 Å². The quantitative estimate of drug-likeness (QED) is 0.451. The molecule has 134 valence electrons. The molecule has 4 nitrogen and oxygen atoms in total. The number of rotatable bonds is 8. The first-order valence-electron chi connectivity index (χ1n) is 9.08. The summed E-state index contributed by atoms with van der Waals surface area (Å²) < 4.78 is 18.7. The van der Waals surface area contributed by atoms with E-state index < -0.39 is 0 Å². The Labute approximate surface area is 145 Å². The zero-order valence-electron chi connectivity index (χ0n) is 14.9. The van der Waals surface area contributed by atoms with Gasteiger partial charge in [0.25, 0.3) is 0 Å². The Kier molecular flexibility index (Phi) is 8.02. The molecule has 0 radical (unpaired) electrons. The first kappa shape index (κ1) is 18.7. The summed E-state index contributed by atoms with van der Waals surface area (Å²) in [5, 5.41) is 3.38. The number of hydrogen-bond acceptors (Lipinski definition) is 2. The van der Waals surface area contributed by atoms with Crippen LogP contribution in [0.3, 0.4) is 0 Å². The standard InChI is InChI=1S/C19H30FN3O/c1-3-21-19(23-12-10-17(14-23)15-24-4-2)22-11-6-8-16-7-5-9-18(20)13-16/h5,7,9,13,17H,3-4,6,8,10-12,14-15H2,1-2H3,(H,21,22). The molecule has 1 atom stereocenters. The molecule has 1 aliphatic rings. The summed E-state index contributed by atoms with van der Waals surface area (Å²) in [6.07, 6.45) is 2.94. The van der Waals surface area contributed by atoms with Crippen molar-refractivity contribution in [1.29, 1.82) is 0 Å². The lowest BCUT2D eigenvalue weighted by atomic mass is 10.1. The summed E-state index contributed by atoms with van der Waals surface area (Å²) in [6, 6.07) is 6.82. The molecule has 1 aliphatic heterocycles. The van der Waals surface area contributed by atoms with Crippen molar-refractivity contribution in [3.05, 3.63) is 35.6 Å². The lowest BCUT2D eigenvalue weighted by Gasteiger charge is -2.21. The molecule has 0 amide bonds. The highest BCUT2D eigenvalue weighted by atomic mass is 19.1. The summed E-state index contributed by atoms with van der Waals surface area (Å²) in [6.45, 7) is 9.42. The van der Waals surface area contributed by atoms with Gasteiger partial charge in [-0.3, -0.25) is 4.99 Å². The van der Waals surface area contributed by atoms with Crippen molar-refractivity contribution in [3.8, 4) is 0 Å². The lowest BCUT2D eigenvalue weighted by Crippen LogP contribution is -2.40. The van der Waals surface area contributed by atoms with Crippen LogP contribution >= 0.6 is 0 Å². The highest BCUT2D eigenvalue weighted by molar-refractivity contribution is 5.80. The highest BCUT2D eigenvalue weighted by Crippen LogP contribution is 2.16. The molecule has 1 saturated heterocycles. The summed E-state index contributed by atoms with van der Waals surface area (Å²) in [7, 11) is 0. The predicted octanol–water partition coefficient (Wildman–Crippen LogP) is 3.08. The van der Waals surface area contributed by atoms with E-state index in [-0.39, 0.29) is 5.82 Å². The van der Waals surface area contributed by atoms with Gasteiger partial charge < -0.3 is 15.0 Å². The van der Waals surface area contributed by atoms with Gasteiger partial charge in [-0.05, 0) is 50.8 Å². The van der Waals surface area contributed by atoms with Crippen molar-refractivity contribution in [2.24, 2.45) is 10.9 Å². The molecule has 1 aromatic rings. The smallest absolute Gasteiger partial charge is 0.193 e. The zero-order chi connectivity index (χ0) is 17.2. The van der Waals surface area contributed by atoms with E-state index in [9.17, 15) is 4.39 Å². The number of guanidine groups is 1. The lowest BCUT2D eigenvalue weighted by molar-refractivity contribution is 0.114. The van der Waals surface area contributed by atoms with E-state index in [2.05, 4.69) is 17.1 Å². The fourth-order valence-electron chi connectivity index (χ4n) is 3.03. The predicted molar refractivity (Wildman–Crippen MR) is 96.9 cm³/mol. The Morgan fingerprint density at radius 3 is 3.04 bits per heavy atom. The minimum Gasteiger partial charge on any atom is -0.381 e. The molecular formula is C19H30FN3O. The van der Waals surface area contributed by atoms with E-state index in [1.165, 1.54) is 6.07 Å². The van der Waals surface area contributed by atoms with Crippen molar-refractivity contribution < 1.29 is 9.13 Å². The van der Waals surface area contributed by atoms with Crippen LogP contribution in [0.15, 0.2) is 29.3 Å². The zero-order valence-corrected chi connectivity index (χ0v) is 14.9. The molecule has 1 heterocycles. The highest BCUT2D eigenvalue weighted by Gasteiger charge is 2.24. The Morgan fingerprint density at radius 1 is 1.42 bits per heavy atom. The molecule has 0 bridgehead atoms. The van der Waals surface area contributed by atoms with Gasteiger partial charge in [0.2, 0.25) is 0 Å². The molecule has 1 aromatic carbocycles. The average molecular weight is 335 g/mol. The van der Waals surface area contributed by atoms with E-state index in [0.29, 0.717) is 5.92 Å². The fourth-order valence-corrected chi connectivity index (χ4v) is 3.03. The molecule has 0 spiro atoms. The number of nitrogens with zero attached hydrogens (tertiary/aromatic N) is 2. The van der Waals surface area contributed by atoms with Gasteiger partial charge in [0.1, 0.15) is 5.82 Å². The van der Waals surface area contributed by atoms with Crippen molar-refractivity contribution in [2.75, 3.05) is 39.4 Å². The van der Waals surface area contributed by atoms with E-state index in [4.69, 9.17) is 9.73 Å². The first-order chi connectivity index (χ1) is 11.7. The molecule has 1 N–H and O–H groups in total. The van der Waals surface area contributed by atoms with Crippen molar-refractivity contribution in [3.63, 3.8) is 0 Å². The second-order valence-corrected chi connectivity index (χ2v) is 6.23. The summed E-state index contributed by atoms with van der Waals surface area (Å²) in [5.74, 6) is 1.43. The van der Waals surface area contributed by atoms with Crippen molar-refractivity contribution in [1.82, 2.24) is 10.2 Å². The number of nitrogens with one attached hydrogen (secondary N) is 1. The van der Waals surface area contributed by atoms with Gasteiger partial charge in [-0.1, -0.05) is 12.1 Å². The number of aliphatic imine (C=N–C) groups is 1. The minimum atomic E-state index is -0.165. The van der Waals surface area contributed by atoms with Crippen LogP contribution in [0.4, 0.5) is 4.39 Å². The topological polar surface area (TPSA) is 36.9 Å². The number of likely N-dealkylation sites (tertiary alicyclic amines) is 1. The van der Waals surface area contributed by atoms with Crippen LogP contribution in [0.5, 0.6) is 0 Å². The Bertz CT molecular complexity index is 521. The maximum atomic E-state index is 13.2. The number of halogens is 1. The number of aryl methyl sites for hydroxylation is 1. The molecule has 0 aromatic heterocycles. The second-order valence-electron chi connectivity index (χ2n) is 6.23. The number of benzene rings is 1. The van der Waals surface area contributed by atoms with Crippen molar-refractivity contribution in [2.45, 2.75) is 33.1 Å². The van der Waals surface area contributed by atoms with Gasteiger partial charge in [0, 0.05) is 38.7 Å². The van der Waals surface area contributed by atoms with E-state index in [1.807, 2.05) is 13.0 Å². The van der Waals surface area contributed by atoms with Crippen LogP contribution in [-0.2, 0) is 11.2 Å². The number of hydrogen-bond donors (Lipinski definition) is 1. The SMILES string of the molecule is CCNC(=NCCCc1cccc(F)c1)N1CCC(COCC)C1. The molecule has 1 fully saturated rings. The van der Waals surface area contributed by atoms with Crippen LogP contribution in [0.25, 0.3) is 0 Å².